The first-order chi connectivity index (χ1) is 28.6. The van der Waals surface area contributed by atoms with Crippen LogP contribution in [-0.2, 0) is 53.8 Å². The smallest absolute Gasteiger partial charge is 0.312 e. The maximum atomic E-state index is 7.13. The van der Waals surface area contributed by atoms with E-state index in [1.54, 1.807) is 0 Å². The SMILES string of the molecule is CC1C[SiH](C)O[SiH](C)O[SiH](CC[Si](C)(C)O[Si](C)(C)O[Si](C)(C)CC[SiH]2O[SiH](C)C[Si](C)(CC[Si](C)(C)O[Si](C)(C)O[Si](C)(C)CC[SiH]3O[SiH](C)C[SiH](C)O[SiH](C)O3)O[SiH](C)O2)O1. The van der Waals surface area contributed by atoms with Crippen molar-refractivity contribution >= 4 is 151 Å². The molecule has 30 heteroatoms. The second-order valence-corrected chi connectivity index (χ2v) is 78.1. The lowest BCUT2D eigenvalue weighted by Gasteiger charge is -2.42. The highest BCUT2D eigenvalue weighted by Gasteiger charge is 2.45. The summed E-state index contributed by atoms with van der Waals surface area (Å²) in [7, 11) is -30.3. The Balaban J connectivity index is 1.47. The van der Waals surface area contributed by atoms with Crippen molar-refractivity contribution in [1.29, 1.82) is 0 Å². The van der Waals surface area contributed by atoms with Gasteiger partial charge >= 0.3 is 45.0 Å². The predicted molar refractivity (Wildman–Crippen MR) is 305 cm³/mol. The molecule has 3 heterocycles. The average molecular weight is 1180 g/mol. The van der Waals surface area contributed by atoms with E-state index in [1.807, 2.05) is 0 Å². The first-order valence-electron chi connectivity index (χ1n) is 24.4. The monoisotopic (exact) mass is 1180 g/mol. The molecule has 3 fully saturated rings. The Hall–Kier alpha value is 3.17. The first kappa shape index (κ1) is 60.5. The molecule has 0 amide bonds. The Kier molecular flexibility index (Phi) is 24.7. The van der Waals surface area contributed by atoms with Crippen LogP contribution < -0.4 is 0 Å². The lowest BCUT2D eigenvalue weighted by molar-refractivity contribution is 0.184. The van der Waals surface area contributed by atoms with Gasteiger partial charge in [-0.2, -0.15) is 0 Å². The van der Waals surface area contributed by atoms with Gasteiger partial charge in [-0.1, -0.05) is 0 Å². The molecule has 0 N–H and O–H groups in total. The molecule has 3 aliphatic heterocycles. The fraction of sp³-hybridized carbons (Fsp3) is 1.00. The Morgan fingerprint density at radius 3 is 1.35 bits per heavy atom. The minimum Gasteiger partial charge on any atom is -0.442 e. The minimum atomic E-state index is -2.38. The molecule has 0 saturated carbocycles. The van der Waals surface area contributed by atoms with Gasteiger partial charge in [0.25, 0.3) is 27.9 Å². The summed E-state index contributed by atoms with van der Waals surface area (Å²) in [5.41, 5.74) is 2.36. The Morgan fingerprint density at radius 1 is 0.476 bits per heavy atom. The fourth-order valence-corrected chi connectivity index (χ4v) is 92.2. The quantitative estimate of drug-likeness (QED) is 0.115. The normalized spacial score (nSPS) is 34.3. The Labute approximate surface area is 410 Å². The highest BCUT2D eigenvalue weighted by Crippen LogP contribution is 2.34. The maximum absolute atomic E-state index is 7.13. The van der Waals surface area contributed by atoms with Crippen molar-refractivity contribution in [2.75, 3.05) is 0 Å². The number of hydrogen-bond acceptors (Lipinski definition) is 13. The van der Waals surface area contributed by atoms with E-state index >= 15 is 0 Å². The van der Waals surface area contributed by atoms with E-state index in [9.17, 15) is 0 Å². The highest BCUT2D eigenvalue weighted by atomic mass is 28.5. The molecule has 3 rings (SSSR count). The fourth-order valence-electron chi connectivity index (χ4n) is 9.96. The summed E-state index contributed by atoms with van der Waals surface area (Å²) in [6, 6.07) is 9.37. The molecule has 13 nitrogen and oxygen atoms in total. The van der Waals surface area contributed by atoms with Crippen molar-refractivity contribution in [3.63, 3.8) is 0 Å². The summed E-state index contributed by atoms with van der Waals surface area (Å²) in [4.78, 5) is 0. The topological polar surface area (TPSA) is 120 Å². The minimum absolute atomic E-state index is 0.237. The molecule has 0 radical (unpaired) electrons. The third-order valence-electron chi connectivity index (χ3n) is 11.8. The lowest BCUT2D eigenvalue weighted by Crippen LogP contribution is -2.55. The lowest BCUT2D eigenvalue weighted by atomic mass is 10.5. The Morgan fingerprint density at radius 2 is 0.857 bits per heavy atom. The van der Waals surface area contributed by atoms with Crippen molar-refractivity contribution in [3.8, 4) is 0 Å². The van der Waals surface area contributed by atoms with E-state index < -0.39 is 151 Å². The largest absolute Gasteiger partial charge is 0.442 e. The van der Waals surface area contributed by atoms with Crippen molar-refractivity contribution in [1.82, 2.24) is 0 Å². The van der Waals surface area contributed by atoms with Gasteiger partial charge in [-0.3, -0.25) is 0 Å². The van der Waals surface area contributed by atoms with E-state index in [4.69, 9.17) is 53.8 Å². The van der Waals surface area contributed by atoms with Crippen LogP contribution in [0.4, 0.5) is 0 Å². The summed E-state index contributed by atoms with van der Waals surface area (Å²) >= 11 is 0. The van der Waals surface area contributed by atoms with Crippen LogP contribution in [0.15, 0.2) is 0 Å². The standard InChI is InChI=1S/C33H96O13Si17/c1-33-30-47(2)35-51(6)39-54(34-33)22-25-57(9,10)43-61(17,18)44-59(13,14)27-24-56-38-50(5)32-63(21,42-53(8)41-56)29-28-60(15,16)46-62(19,20)45-58(11,12)26-23-55-37-49(4)31-48(3)36-52(7)40-55/h33,47-56H,22-32H2,1-21H3. The number of rotatable bonds is 20. The van der Waals surface area contributed by atoms with E-state index in [0.717, 1.165) is 60.1 Å². The van der Waals surface area contributed by atoms with E-state index in [2.05, 4.69) is 138 Å². The van der Waals surface area contributed by atoms with Crippen molar-refractivity contribution in [2.45, 2.75) is 210 Å². The summed E-state index contributed by atoms with van der Waals surface area (Å²) in [6.45, 7) is 48.4. The molecule has 0 aromatic carbocycles. The van der Waals surface area contributed by atoms with E-state index in [0.29, 0.717) is 0 Å². The Bertz CT molecular complexity index is 1340. The van der Waals surface area contributed by atoms with Gasteiger partial charge in [0.05, 0.1) is 0 Å². The molecule has 0 aliphatic carbocycles. The second-order valence-electron chi connectivity index (χ2n) is 22.7. The van der Waals surface area contributed by atoms with Gasteiger partial charge in [-0.15, -0.1) is 0 Å². The van der Waals surface area contributed by atoms with Crippen molar-refractivity contribution in [2.24, 2.45) is 0 Å². The predicted octanol–water partition coefficient (Wildman–Crippen LogP) is 7.14. The van der Waals surface area contributed by atoms with E-state index in [1.165, 1.54) is 5.67 Å². The van der Waals surface area contributed by atoms with Gasteiger partial charge in [0.15, 0.2) is 77.7 Å². The van der Waals surface area contributed by atoms with Crippen molar-refractivity contribution in [3.05, 3.63) is 0 Å². The molecule has 0 aromatic heterocycles. The molecule has 3 aliphatic rings. The zero-order valence-corrected chi connectivity index (χ0v) is 62.5. The summed E-state index contributed by atoms with van der Waals surface area (Å²) < 4.78 is 87.9. The third kappa shape index (κ3) is 24.9. The second kappa shape index (κ2) is 25.7. The van der Waals surface area contributed by atoms with Gasteiger partial charge in [0, 0.05) is 6.10 Å². The molecule has 12 unspecified atom stereocenters. The molecule has 12 atom stereocenters. The van der Waals surface area contributed by atoms with Crippen LogP contribution >= 0.6 is 0 Å². The molecule has 63 heavy (non-hydrogen) atoms. The van der Waals surface area contributed by atoms with Crippen LogP contribution in [0.5, 0.6) is 0 Å². The van der Waals surface area contributed by atoms with Crippen LogP contribution in [0, 0.1) is 0 Å². The van der Waals surface area contributed by atoms with Gasteiger partial charge < -0.3 is 53.8 Å². The highest BCUT2D eigenvalue weighted by molar-refractivity contribution is 6.92. The summed E-state index contributed by atoms with van der Waals surface area (Å²) in [5.74, 6) is 0. The zero-order chi connectivity index (χ0) is 47.8. The van der Waals surface area contributed by atoms with Gasteiger partial charge in [0.2, 0.25) is 0 Å². The van der Waals surface area contributed by atoms with E-state index in [-0.39, 0.29) is 6.10 Å². The third-order valence-corrected chi connectivity index (χ3v) is 78.2. The van der Waals surface area contributed by atoms with Gasteiger partial charge in [-0.05, 0) is 204 Å². The summed E-state index contributed by atoms with van der Waals surface area (Å²) in [5, 5.41) is 0. The van der Waals surface area contributed by atoms with Crippen LogP contribution in [0.25, 0.3) is 0 Å². The molecule has 3 saturated heterocycles. The van der Waals surface area contributed by atoms with Crippen LogP contribution in [0.1, 0.15) is 6.92 Å². The molecule has 374 valence electrons. The average Bonchev–Trinajstić information content (AvgIpc) is 3.03. The summed E-state index contributed by atoms with van der Waals surface area (Å²) in [6.07, 6.45) is 0.237. The molecular weight excluding hydrogens is 1080 g/mol. The molecule has 0 bridgehead atoms. The molecule has 0 spiro atoms. The first-order valence-corrected chi connectivity index (χ1v) is 66.6. The number of hydrogen-bond donors (Lipinski definition) is 0. The maximum Gasteiger partial charge on any atom is 0.312 e. The molecule has 0 aromatic rings. The van der Waals surface area contributed by atoms with Gasteiger partial charge in [-0.25, -0.2) is 0 Å². The van der Waals surface area contributed by atoms with Crippen LogP contribution in [0.3, 0.4) is 0 Å². The zero-order valence-electron chi connectivity index (χ0n) is 43.9. The molecular formula is C33H96O13Si17. The van der Waals surface area contributed by atoms with Gasteiger partial charge in [0.1, 0.15) is 0 Å². The van der Waals surface area contributed by atoms with Crippen LogP contribution in [0.2, 0.25) is 197 Å². The van der Waals surface area contributed by atoms with Crippen molar-refractivity contribution < 1.29 is 53.8 Å². The van der Waals surface area contributed by atoms with Crippen LogP contribution in [-0.4, -0.2) is 157 Å².